The molecule has 1 aromatic heterocycles. The summed E-state index contributed by atoms with van der Waals surface area (Å²) in [5.41, 5.74) is 1.02. The van der Waals surface area contributed by atoms with Gasteiger partial charge in [0.25, 0.3) is 0 Å². The summed E-state index contributed by atoms with van der Waals surface area (Å²) in [7, 11) is 2.27. The van der Waals surface area contributed by atoms with E-state index in [1.807, 2.05) is 6.92 Å². The van der Waals surface area contributed by atoms with Crippen molar-refractivity contribution in [2.75, 3.05) is 31.6 Å². The predicted octanol–water partition coefficient (Wildman–Crippen LogP) is 2.92. The van der Waals surface area contributed by atoms with Crippen molar-refractivity contribution in [1.82, 2.24) is 14.9 Å². The molecule has 2 fully saturated rings. The first-order chi connectivity index (χ1) is 10.1. The van der Waals surface area contributed by atoms with Crippen molar-refractivity contribution < 1.29 is 0 Å². The number of likely N-dealkylation sites (tertiary alicyclic amines) is 1. The first-order valence-electron chi connectivity index (χ1n) is 8.08. The molecule has 21 heavy (non-hydrogen) atoms. The third-order valence-corrected chi connectivity index (χ3v) is 5.44. The predicted molar refractivity (Wildman–Crippen MR) is 87.1 cm³/mol. The summed E-state index contributed by atoms with van der Waals surface area (Å²) in [6.45, 7) is 7.54. The maximum Gasteiger partial charge on any atom is 0.137 e. The molecule has 2 aliphatic heterocycles. The number of fused-ring (bicyclic) bond motifs is 1. The van der Waals surface area contributed by atoms with Crippen molar-refractivity contribution in [3.63, 3.8) is 0 Å². The van der Waals surface area contributed by atoms with Crippen LogP contribution in [0.2, 0.25) is 5.15 Å². The first kappa shape index (κ1) is 15.0. The van der Waals surface area contributed by atoms with Gasteiger partial charge in [-0.15, -0.1) is 0 Å². The van der Waals surface area contributed by atoms with E-state index < -0.39 is 0 Å². The van der Waals surface area contributed by atoms with Crippen LogP contribution in [0.5, 0.6) is 0 Å². The summed E-state index contributed by atoms with van der Waals surface area (Å²) in [6.07, 6.45) is 4.71. The second-order valence-electron chi connectivity index (χ2n) is 6.42. The van der Waals surface area contributed by atoms with E-state index in [1.165, 1.54) is 25.8 Å². The van der Waals surface area contributed by atoms with Crippen molar-refractivity contribution in [2.24, 2.45) is 5.92 Å². The topological polar surface area (TPSA) is 32.3 Å². The molecule has 5 heteroatoms. The van der Waals surface area contributed by atoms with Gasteiger partial charge in [0.1, 0.15) is 16.8 Å². The third kappa shape index (κ3) is 2.88. The maximum atomic E-state index is 6.29. The number of nitrogens with zero attached hydrogens (tertiary/aromatic N) is 4. The second-order valence-corrected chi connectivity index (χ2v) is 6.78. The molecule has 116 valence electrons. The van der Waals surface area contributed by atoms with Gasteiger partial charge in [0.2, 0.25) is 0 Å². The van der Waals surface area contributed by atoms with Gasteiger partial charge in [-0.3, -0.25) is 0 Å². The maximum absolute atomic E-state index is 6.29. The fourth-order valence-corrected chi connectivity index (χ4v) is 4.01. The summed E-state index contributed by atoms with van der Waals surface area (Å²) < 4.78 is 0. The number of aromatic nitrogens is 2. The Balaban J connectivity index is 1.84. The van der Waals surface area contributed by atoms with E-state index in [-0.39, 0.29) is 0 Å². The Hall–Kier alpha value is -0.870. The molecule has 3 heterocycles. The minimum absolute atomic E-state index is 0.611. The lowest BCUT2D eigenvalue weighted by Gasteiger charge is -2.46. The number of anilines is 1. The Morgan fingerprint density at radius 3 is 2.81 bits per heavy atom. The Morgan fingerprint density at radius 2 is 2.05 bits per heavy atom. The van der Waals surface area contributed by atoms with Gasteiger partial charge >= 0.3 is 0 Å². The Morgan fingerprint density at radius 1 is 1.24 bits per heavy atom. The SMILES string of the molecule is CCc1nc(Cl)c(C)c(N2CCC3C(CCCN3C)C2)n1. The highest BCUT2D eigenvalue weighted by Crippen LogP contribution is 2.33. The smallest absolute Gasteiger partial charge is 0.137 e. The molecule has 2 saturated heterocycles. The molecule has 2 aliphatic rings. The van der Waals surface area contributed by atoms with Gasteiger partial charge in [-0.2, -0.15) is 0 Å². The molecule has 1 aromatic rings. The summed E-state index contributed by atoms with van der Waals surface area (Å²) in [5.74, 6) is 2.66. The largest absolute Gasteiger partial charge is 0.356 e. The summed E-state index contributed by atoms with van der Waals surface area (Å²) in [5, 5.41) is 0.611. The number of rotatable bonds is 2. The first-order valence-corrected chi connectivity index (χ1v) is 8.46. The number of piperidine rings is 2. The fraction of sp³-hybridized carbons (Fsp3) is 0.750. The number of aryl methyl sites for hydroxylation is 1. The van der Waals surface area contributed by atoms with Gasteiger partial charge in [0.15, 0.2) is 0 Å². The zero-order chi connectivity index (χ0) is 15.0. The van der Waals surface area contributed by atoms with Crippen LogP contribution in [0.15, 0.2) is 0 Å². The Kier molecular flexibility index (Phi) is 4.36. The molecule has 0 saturated carbocycles. The van der Waals surface area contributed by atoms with Crippen LogP contribution in [-0.4, -0.2) is 47.6 Å². The Labute approximate surface area is 132 Å². The average Bonchev–Trinajstić information content (AvgIpc) is 2.49. The molecule has 0 radical (unpaired) electrons. The van der Waals surface area contributed by atoms with Gasteiger partial charge in [-0.1, -0.05) is 18.5 Å². The molecule has 3 rings (SSSR count). The minimum atomic E-state index is 0.611. The van der Waals surface area contributed by atoms with Crippen LogP contribution in [0.4, 0.5) is 5.82 Å². The summed E-state index contributed by atoms with van der Waals surface area (Å²) in [4.78, 5) is 14.1. The molecule has 2 atom stereocenters. The van der Waals surface area contributed by atoms with E-state index in [0.717, 1.165) is 48.7 Å². The zero-order valence-corrected chi connectivity index (χ0v) is 14.0. The van der Waals surface area contributed by atoms with Gasteiger partial charge in [-0.25, -0.2) is 9.97 Å². The van der Waals surface area contributed by atoms with Crippen LogP contribution in [-0.2, 0) is 6.42 Å². The Bertz CT molecular complexity index is 519. The molecule has 0 aromatic carbocycles. The van der Waals surface area contributed by atoms with Crippen molar-refractivity contribution in [1.29, 1.82) is 0 Å². The minimum Gasteiger partial charge on any atom is -0.356 e. The lowest BCUT2D eigenvalue weighted by atomic mass is 9.84. The molecule has 0 amide bonds. The number of hydrogen-bond donors (Lipinski definition) is 0. The molecule has 0 aliphatic carbocycles. The highest BCUT2D eigenvalue weighted by Gasteiger charge is 2.35. The zero-order valence-electron chi connectivity index (χ0n) is 13.3. The third-order valence-electron chi connectivity index (χ3n) is 5.07. The highest BCUT2D eigenvalue weighted by atomic mass is 35.5. The molecular weight excluding hydrogens is 284 g/mol. The van der Waals surface area contributed by atoms with Crippen molar-refractivity contribution in [3.8, 4) is 0 Å². The van der Waals surface area contributed by atoms with Crippen LogP contribution in [0.1, 0.15) is 37.6 Å². The standard InChI is InChI=1S/C16H25ClN4/c1-4-14-18-15(17)11(2)16(19-14)21-9-7-13-12(10-21)6-5-8-20(13)3/h12-13H,4-10H2,1-3H3. The molecule has 2 unspecified atom stereocenters. The van der Waals surface area contributed by atoms with Gasteiger partial charge in [0.05, 0.1) is 0 Å². The van der Waals surface area contributed by atoms with Gasteiger partial charge in [0, 0.05) is 31.1 Å². The molecule has 4 nitrogen and oxygen atoms in total. The summed E-state index contributed by atoms with van der Waals surface area (Å²) >= 11 is 6.29. The molecule has 0 N–H and O–H groups in total. The lowest BCUT2D eigenvalue weighted by molar-refractivity contribution is 0.102. The van der Waals surface area contributed by atoms with Gasteiger partial charge < -0.3 is 9.80 Å². The molecule has 0 bridgehead atoms. The van der Waals surface area contributed by atoms with E-state index in [4.69, 9.17) is 16.6 Å². The van der Waals surface area contributed by atoms with Crippen LogP contribution < -0.4 is 4.90 Å². The average molecular weight is 309 g/mol. The van der Waals surface area contributed by atoms with E-state index in [9.17, 15) is 0 Å². The lowest BCUT2D eigenvalue weighted by Crippen LogP contribution is -2.53. The molecule has 0 spiro atoms. The van der Waals surface area contributed by atoms with Crippen LogP contribution in [0.3, 0.4) is 0 Å². The van der Waals surface area contributed by atoms with Crippen molar-refractivity contribution in [2.45, 2.75) is 45.6 Å². The second kappa shape index (κ2) is 6.09. The van der Waals surface area contributed by atoms with E-state index >= 15 is 0 Å². The van der Waals surface area contributed by atoms with Crippen molar-refractivity contribution in [3.05, 3.63) is 16.5 Å². The number of halogens is 1. The van der Waals surface area contributed by atoms with E-state index in [1.54, 1.807) is 0 Å². The summed E-state index contributed by atoms with van der Waals surface area (Å²) in [6, 6.07) is 0.748. The van der Waals surface area contributed by atoms with E-state index in [0.29, 0.717) is 5.15 Å². The monoisotopic (exact) mass is 308 g/mol. The fourth-order valence-electron chi connectivity index (χ4n) is 3.83. The van der Waals surface area contributed by atoms with Gasteiger partial charge in [-0.05, 0) is 45.7 Å². The van der Waals surface area contributed by atoms with E-state index in [2.05, 4.69) is 28.8 Å². The molecular formula is C16H25ClN4. The van der Waals surface area contributed by atoms with Crippen molar-refractivity contribution >= 4 is 17.4 Å². The quantitative estimate of drug-likeness (QED) is 0.786. The van der Waals surface area contributed by atoms with Crippen LogP contribution >= 0.6 is 11.6 Å². The number of hydrogen-bond acceptors (Lipinski definition) is 4. The highest BCUT2D eigenvalue weighted by molar-refractivity contribution is 6.30. The van der Waals surface area contributed by atoms with Crippen LogP contribution in [0.25, 0.3) is 0 Å². The van der Waals surface area contributed by atoms with Crippen LogP contribution in [0, 0.1) is 12.8 Å². The normalized spacial score (nSPS) is 26.8.